The molecule has 1 saturated heterocycles. The average Bonchev–Trinajstić information content (AvgIpc) is 2.84. The van der Waals surface area contributed by atoms with E-state index in [9.17, 15) is 9.59 Å². The van der Waals surface area contributed by atoms with Crippen LogP contribution in [0.3, 0.4) is 0 Å². The van der Waals surface area contributed by atoms with E-state index >= 15 is 0 Å². The van der Waals surface area contributed by atoms with Crippen molar-refractivity contribution in [3.8, 4) is 0 Å². The summed E-state index contributed by atoms with van der Waals surface area (Å²) >= 11 is 5.97. The lowest BCUT2D eigenvalue weighted by Gasteiger charge is -2.36. The van der Waals surface area contributed by atoms with Gasteiger partial charge in [-0.25, -0.2) is 0 Å². The van der Waals surface area contributed by atoms with Crippen LogP contribution in [-0.2, 0) is 11.3 Å². The van der Waals surface area contributed by atoms with E-state index in [1.807, 2.05) is 53.4 Å². The lowest BCUT2D eigenvalue weighted by molar-refractivity contribution is -0.131. The maximum Gasteiger partial charge on any atom is 0.258 e. The van der Waals surface area contributed by atoms with E-state index in [1.54, 1.807) is 29.2 Å². The number of nitrogens with zero attached hydrogens (tertiary/aromatic N) is 3. The minimum atomic E-state index is -0.219. The van der Waals surface area contributed by atoms with Crippen LogP contribution in [0.5, 0.6) is 0 Å². The molecular formula is C26H26ClN3O2. The number of halogens is 1. The summed E-state index contributed by atoms with van der Waals surface area (Å²) in [5, 5.41) is 0.567. The third-order valence-corrected chi connectivity index (χ3v) is 5.92. The Kier molecular flexibility index (Phi) is 7.20. The minimum Gasteiger partial charge on any atom is -0.339 e. The molecule has 0 bridgehead atoms. The number of anilines is 1. The SMILES string of the molecule is O=C(CN(C(=O)c1ccc(Cl)cc1)c1ccccc1)N1CCN(Cc2ccccc2)CC1. The first-order chi connectivity index (χ1) is 15.6. The molecule has 164 valence electrons. The number of carbonyl (C=O) groups is 2. The Morgan fingerprint density at radius 2 is 1.38 bits per heavy atom. The molecule has 0 radical (unpaired) electrons. The van der Waals surface area contributed by atoms with Crippen LogP contribution in [0.1, 0.15) is 15.9 Å². The zero-order chi connectivity index (χ0) is 22.3. The van der Waals surface area contributed by atoms with Gasteiger partial charge in [0.1, 0.15) is 6.54 Å². The lowest BCUT2D eigenvalue weighted by atomic mass is 10.1. The molecule has 0 atom stereocenters. The maximum absolute atomic E-state index is 13.2. The van der Waals surface area contributed by atoms with Crippen molar-refractivity contribution in [1.29, 1.82) is 0 Å². The van der Waals surface area contributed by atoms with Crippen molar-refractivity contribution in [2.24, 2.45) is 0 Å². The fourth-order valence-corrected chi connectivity index (χ4v) is 3.99. The second-order valence-corrected chi connectivity index (χ2v) is 8.31. The van der Waals surface area contributed by atoms with Crippen molar-refractivity contribution in [2.75, 3.05) is 37.6 Å². The molecule has 0 aliphatic carbocycles. The normalized spacial score (nSPS) is 14.2. The van der Waals surface area contributed by atoms with Crippen molar-refractivity contribution in [3.63, 3.8) is 0 Å². The van der Waals surface area contributed by atoms with Crippen molar-refractivity contribution >= 4 is 29.1 Å². The van der Waals surface area contributed by atoms with Gasteiger partial charge < -0.3 is 4.90 Å². The summed E-state index contributed by atoms with van der Waals surface area (Å²) in [6.45, 7) is 3.83. The molecule has 0 aromatic heterocycles. The summed E-state index contributed by atoms with van der Waals surface area (Å²) < 4.78 is 0. The largest absolute Gasteiger partial charge is 0.339 e. The monoisotopic (exact) mass is 447 g/mol. The van der Waals surface area contributed by atoms with Gasteiger partial charge in [-0.3, -0.25) is 19.4 Å². The topological polar surface area (TPSA) is 43.9 Å². The number of para-hydroxylation sites is 1. The zero-order valence-electron chi connectivity index (χ0n) is 17.9. The van der Waals surface area contributed by atoms with Crippen molar-refractivity contribution in [3.05, 3.63) is 101 Å². The van der Waals surface area contributed by atoms with E-state index in [-0.39, 0.29) is 18.4 Å². The quantitative estimate of drug-likeness (QED) is 0.565. The number of hydrogen-bond acceptors (Lipinski definition) is 3. The van der Waals surface area contributed by atoms with Crippen LogP contribution in [-0.4, -0.2) is 54.3 Å². The highest BCUT2D eigenvalue weighted by atomic mass is 35.5. The Bertz CT molecular complexity index is 1030. The second kappa shape index (κ2) is 10.4. The van der Waals surface area contributed by atoms with Gasteiger partial charge in [0, 0.05) is 49.0 Å². The van der Waals surface area contributed by atoms with E-state index in [0.29, 0.717) is 29.4 Å². The van der Waals surface area contributed by atoms with Crippen LogP contribution in [0.4, 0.5) is 5.69 Å². The maximum atomic E-state index is 13.2. The Labute approximate surface area is 193 Å². The second-order valence-electron chi connectivity index (χ2n) is 7.88. The van der Waals surface area contributed by atoms with Crippen molar-refractivity contribution in [1.82, 2.24) is 9.80 Å². The van der Waals surface area contributed by atoms with Crippen molar-refractivity contribution in [2.45, 2.75) is 6.54 Å². The zero-order valence-corrected chi connectivity index (χ0v) is 18.6. The first-order valence-electron chi connectivity index (χ1n) is 10.8. The van der Waals surface area contributed by atoms with Crippen LogP contribution in [0, 0.1) is 0 Å². The van der Waals surface area contributed by atoms with Crippen LogP contribution in [0.15, 0.2) is 84.9 Å². The van der Waals surface area contributed by atoms with Crippen LogP contribution in [0.2, 0.25) is 5.02 Å². The van der Waals surface area contributed by atoms with Crippen LogP contribution >= 0.6 is 11.6 Å². The molecule has 4 rings (SSSR count). The Balaban J connectivity index is 1.41. The van der Waals surface area contributed by atoms with E-state index in [1.165, 1.54) is 5.56 Å². The molecule has 3 aromatic carbocycles. The minimum absolute atomic E-state index is 0.00413. The summed E-state index contributed by atoms with van der Waals surface area (Å²) in [7, 11) is 0. The van der Waals surface area contributed by atoms with E-state index in [4.69, 9.17) is 11.6 Å². The van der Waals surface area contributed by atoms with Gasteiger partial charge in [-0.2, -0.15) is 0 Å². The lowest BCUT2D eigenvalue weighted by Crippen LogP contribution is -2.51. The Morgan fingerprint density at radius 1 is 0.781 bits per heavy atom. The molecule has 0 saturated carbocycles. The highest BCUT2D eigenvalue weighted by Crippen LogP contribution is 2.19. The number of hydrogen-bond donors (Lipinski definition) is 0. The molecule has 0 unspecified atom stereocenters. The van der Waals surface area contributed by atoms with E-state index in [0.717, 1.165) is 19.6 Å². The fraction of sp³-hybridized carbons (Fsp3) is 0.231. The third kappa shape index (κ3) is 5.55. The van der Waals surface area contributed by atoms with Gasteiger partial charge in [-0.15, -0.1) is 0 Å². The van der Waals surface area contributed by atoms with Crippen LogP contribution in [0.25, 0.3) is 0 Å². The molecule has 1 aliphatic rings. The number of benzene rings is 3. The first-order valence-corrected chi connectivity index (χ1v) is 11.1. The molecule has 1 fully saturated rings. The number of rotatable bonds is 6. The smallest absolute Gasteiger partial charge is 0.258 e. The van der Waals surface area contributed by atoms with Gasteiger partial charge in [0.2, 0.25) is 5.91 Å². The third-order valence-electron chi connectivity index (χ3n) is 5.67. The summed E-state index contributed by atoms with van der Waals surface area (Å²) in [4.78, 5) is 32.1. The standard InChI is InChI=1S/C26H26ClN3O2/c27-23-13-11-22(12-14-23)26(32)30(24-9-5-2-6-10-24)20-25(31)29-17-15-28(16-18-29)19-21-7-3-1-4-8-21/h1-14H,15-20H2. The number of amides is 2. The summed E-state index contributed by atoms with van der Waals surface area (Å²) in [6, 6.07) is 26.4. The molecule has 32 heavy (non-hydrogen) atoms. The van der Waals surface area contributed by atoms with E-state index < -0.39 is 0 Å². The molecule has 2 amide bonds. The van der Waals surface area contributed by atoms with Gasteiger partial charge in [-0.05, 0) is 42.0 Å². The van der Waals surface area contributed by atoms with Crippen LogP contribution < -0.4 is 4.90 Å². The van der Waals surface area contributed by atoms with E-state index in [2.05, 4.69) is 17.0 Å². The first kappa shape index (κ1) is 22.1. The van der Waals surface area contributed by atoms with Gasteiger partial charge in [0.05, 0.1) is 0 Å². The molecule has 0 spiro atoms. The highest BCUT2D eigenvalue weighted by molar-refractivity contribution is 6.30. The van der Waals surface area contributed by atoms with Crippen molar-refractivity contribution < 1.29 is 9.59 Å². The number of piperazine rings is 1. The Hall–Kier alpha value is -3.15. The highest BCUT2D eigenvalue weighted by Gasteiger charge is 2.26. The Morgan fingerprint density at radius 3 is 2.00 bits per heavy atom. The summed E-state index contributed by atoms with van der Waals surface area (Å²) in [6.07, 6.45) is 0. The predicted molar refractivity (Wildman–Crippen MR) is 128 cm³/mol. The van der Waals surface area contributed by atoms with Gasteiger partial charge in [-0.1, -0.05) is 60.1 Å². The predicted octanol–water partition coefficient (Wildman–Crippen LogP) is 4.33. The van der Waals surface area contributed by atoms with Gasteiger partial charge in [0.25, 0.3) is 5.91 Å². The van der Waals surface area contributed by atoms with Gasteiger partial charge in [0.15, 0.2) is 0 Å². The van der Waals surface area contributed by atoms with Gasteiger partial charge >= 0.3 is 0 Å². The average molecular weight is 448 g/mol. The molecule has 0 N–H and O–H groups in total. The number of carbonyl (C=O) groups excluding carboxylic acids is 2. The summed E-state index contributed by atoms with van der Waals surface area (Å²) in [5.41, 5.74) is 2.47. The molecule has 5 nitrogen and oxygen atoms in total. The molecule has 6 heteroatoms. The molecule has 3 aromatic rings. The molecular weight excluding hydrogens is 422 g/mol. The summed E-state index contributed by atoms with van der Waals surface area (Å²) in [5.74, 6) is -0.264. The molecule has 1 aliphatic heterocycles. The fourth-order valence-electron chi connectivity index (χ4n) is 3.87. The molecule has 1 heterocycles.